The summed E-state index contributed by atoms with van der Waals surface area (Å²) in [6.45, 7) is 8.32. The second-order valence-corrected chi connectivity index (χ2v) is 11.6. The van der Waals surface area contributed by atoms with Crippen molar-refractivity contribution in [3.8, 4) is 0 Å². The second kappa shape index (κ2) is 11.4. The van der Waals surface area contributed by atoms with Crippen LogP contribution in [0.5, 0.6) is 0 Å². The fourth-order valence-corrected chi connectivity index (χ4v) is 5.09. The monoisotopic (exact) mass is 587 g/mol. The van der Waals surface area contributed by atoms with Crippen molar-refractivity contribution in [2.24, 2.45) is 0 Å². The molecule has 0 spiro atoms. The number of carbonyl (C=O) groups is 2. The summed E-state index contributed by atoms with van der Waals surface area (Å²) < 4.78 is 58.2. The molecule has 2 aromatic carbocycles. The molecular formula is C30H33F4N5O3. The summed E-state index contributed by atoms with van der Waals surface area (Å²) in [4.78, 5) is 38.4. The lowest BCUT2D eigenvalue weighted by Crippen LogP contribution is -2.48. The number of imidazole rings is 1. The van der Waals surface area contributed by atoms with Gasteiger partial charge in [-0.3, -0.25) is 9.69 Å². The average Bonchev–Trinajstić information content (AvgIpc) is 3.36. The molecule has 8 nitrogen and oxygen atoms in total. The van der Waals surface area contributed by atoms with Gasteiger partial charge < -0.3 is 19.5 Å². The fourth-order valence-electron chi connectivity index (χ4n) is 5.09. The van der Waals surface area contributed by atoms with Crippen LogP contribution < -0.4 is 0 Å². The largest absolute Gasteiger partial charge is 0.444 e. The minimum Gasteiger partial charge on any atom is -0.444 e. The van der Waals surface area contributed by atoms with E-state index in [9.17, 15) is 27.2 Å². The highest BCUT2D eigenvalue weighted by Crippen LogP contribution is 2.31. The van der Waals surface area contributed by atoms with E-state index in [0.717, 1.165) is 22.7 Å². The highest BCUT2D eigenvalue weighted by molar-refractivity contribution is 5.95. The second-order valence-electron chi connectivity index (χ2n) is 11.6. The molecule has 0 bridgehead atoms. The number of fused-ring (bicyclic) bond motifs is 1. The van der Waals surface area contributed by atoms with E-state index >= 15 is 0 Å². The number of nitrogens with one attached hydrogen (secondary N) is 1. The Bertz CT molecular complexity index is 1520. The van der Waals surface area contributed by atoms with Gasteiger partial charge in [-0.05, 0) is 62.6 Å². The van der Waals surface area contributed by atoms with Gasteiger partial charge in [0.15, 0.2) is 5.82 Å². The molecule has 0 atom stereocenters. The number of amides is 2. The van der Waals surface area contributed by atoms with Crippen LogP contribution in [-0.4, -0.2) is 81.5 Å². The number of carbonyl (C=O) groups excluding carboxylic acids is 2. The Balaban J connectivity index is 1.18. The lowest BCUT2D eigenvalue weighted by molar-refractivity contribution is -0.137. The number of piperazine rings is 1. The molecule has 5 rings (SSSR count). The number of alkyl halides is 3. The van der Waals surface area contributed by atoms with Crippen molar-refractivity contribution < 1.29 is 31.9 Å². The quantitative estimate of drug-likeness (QED) is 0.396. The van der Waals surface area contributed by atoms with E-state index < -0.39 is 23.2 Å². The molecule has 1 aromatic heterocycles. The number of hydrogen-bond donors (Lipinski definition) is 1. The third-order valence-electron chi connectivity index (χ3n) is 7.35. The molecule has 0 aliphatic carbocycles. The summed E-state index contributed by atoms with van der Waals surface area (Å²) in [6, 6.07) is 8.32. The van der Waals surface area contributed by atoms with Crippen LogP contribution in [0.2, 0.25) is 0 Å². The molecule has 0 saturated carbocycles. The van der Waals surface area contributed by atoms with E-state index in [1.807, 2.05) is 49.9 Å². The Labute approximate surface area is 240 Å². The van der Waals surface area contributed by atoms with E-state index in [4.69, 9.17) is 4.74 Å². The van der Waals surface area contributed by atoms with Gasteiger partial charge in [-0.15, -0.1) is 0 Å². The maximum absolute atomic E-state index is 14.3. The van der Waals surface area contributed by atoms with E-state index in [-0.39, 0.29) is 29.9 Å². The first-order valence-electron chi connectivity index (χ1n) is 13.8. The van der Waals surface area contributed by atoms with Crippen LogP contribution in [-0.2, 0) is 17.5 Å². The van der Waals surface area contributed by atoms with Gasteiger partial charge in [0, 0.05) is 51.4 Å². The molecule has 3 heterocycles. The molecule has 3 aromatic rings. The number of ether oxygens (including phenoxy) is 1. The van der Waals surface area contributed by atoms with Crippen LogP contribution in [0.4, 0.5) is 22.4 Å². The fraction of sp³-hybridized carbons (Fsp3) is 0.433. The molecule has 224 valence electrons. The number of aromatic amines is 1. The van der Waals surface area contributed by atoms with Gasteiger partial charge >= 0.3 is 12.3 Å². The van der Waals surface area contributed by atoms with Crippen molar-refractivity contribution in [2.45, 2.75) is 45.5 Å². The van der Waals surface area contributed by atoms with Gasteiger partial charge in [0.2, 0.25) is 0 Å². The Hall–Kier alpha value is -3.93. The van der Waals surface area contributed by atoms with E-state index in [1.165, 1.54) is 6.07 Å². The van der Waals surface area contributed by atoms with E-state index in [0.29, 0.717) is 57.3 Å². The average molecular weight is 588 g/mol. The molecule has 0 unspecified atom stereocenters. The number of benzene rings is 2. The van der Waals surface area contributed by atoms with Crippen molar-refractivity contribution in [3.63, 3.8) is 0 Å². The van der Waals surface area contributed by atoms with Crippen molar-refractivity contribution in [1.82, 2.24) is 24.7 Å². The van der Waals surface area contributed by atoms with E-state index in [2.05, 4.69) is 9.97 Å². The van der Waals surface area contributed by atoms with Crippen molar-refractivity contribution >= 4 is 28.6 Å². The van der Waals surface area contributed by atoms with Gasteiger partial charge in [-0.2, -0.15) is 13.2 Å². The summed E-state index contributed by atoms with van der Waals surface area (Å²) in [6.07, 6.45) is -2.25. The molecule has 0 radical (unpaired) electrons. The van der Waals surface area contributed by atoms with Gasteiger partial charge in [0.05, 0.1) is 16.6 Å². The van der Waals surface area contributed by atoms with Crippen LogP contribution >= 0.6 is 0 Å². The summed E-state index contributed by atoms with van der Waals surface area (Å²) in [5, 5.41) is 0. The zero-order chi connectivity index (χ0) is 30.2. The predicted molar refractivity (Wildman–Crippen MR) is 149 cm³/mol. The number of aromatic nitrogens is 2. The van der Waals surface area contributed by atoms with Gasteiger partial charge in [0.25, 0.3) is 5.91 Å². The zero-order valence-corrected chi connectivity index (χ0v) is 23.7. The highest BCUT2D eigenvalue weighted by Gasteiger charge is 2.32. The molecule has 12 heteroatoms. The zero-order valence-electron chi connectivity index (χ0n) is 23.7. The standard InChI is InChI=1S/C30H33F4N5O3/c1-29(2,3)42-28(41)39-10-8-19(9-11-39)20-5-7-24-25(16-20)36-26(35-24)27(40)38-14-12-37(13-15-38)18-21-4-6-22(17-23(21)31)30(32,33)34/h4-8,16-17H,9-15,18H2,1-3H3,(H,35,36). The van der Waals surface area contributed by atoms with Crippen molar-refractivity contribution in [3.05, 3.63) is 70.8 Å². The maximum Gasteiger partial charge on any atom is 0.416 e. The third kappa shape index (κ3) is 6.75. The SMILES string of the molecule is CC(C)(C)OC(=O)N1CC=C(c2ccc3nc(C(=O)N4CCN(Cc5ccc(C(F)(F)F)cc5F)CC4)[nH]c3c2)CC1. The Morgan fingerprint density at radius 3 is 2.33 bits per heavy atom. The summed E-state index contributed by atoms with van der Waals surface area (Å²) in [7, 11) is 0. The number of halogens is 4. The van der Waals surface area contributed by atoms with Crippen LogP contribution in [0.25, 0.3) is 16.6 Å². The molecule has 2 aliphatic rings. The normalized spacial score (nSPS) is 17.0. The molecule has 2 aliphatic heterocycles. The van der Waals surface area contributed by atoms with Gasteiger partial charge in [-0.25, -0.2) is 14.2 Å². The van der Waals surface area contributed by atoms with Crippen LogP contribution in [0.15, 0.2) is 42.5 Å². The topological polar surface area (TPSA) is 81.8 Å². The summed E-state index contributed by atoms with van der Waals surface area (Å²) in [5.74, 6) is -0.926. The van der Waals surface area contributed by atoms with Crippen molar-refractivity contribution in [2.75, 3.05) is 39.3 Å². The summed E-state index contributed by atoms with van der Waals surface area (Å²) >= 11 is 0. The maximum atomic E-state index is 14.3. The predicted octanol–water partition coefficient (Wildman–Crippen LogP) is 5.70. The van der Waals surface area contributed by atoms with Crippen LogP contribution in [0, 0.1) is 5.82 Å². The minimum absolute atomic E-state index is 0.158. The highest BCUT2D eigenvalue weighted by atomic mass is 19.4. The molecular weight excluding hydrogens is 554 g/mol. The number of rotatable bonds is 4. The van der Waals surface area contributed by atoms with Crippen LogP contribution in [0.3, 0.4) is 0 Å². The Kier molecular flexibility index (Phi) is 8.02. The third-order valence-corrected chi connectivity index (χ3v) is 7.35. The Morgan fingerprint density at radius 1 is 0.976 bits per heavy atom. The first kappa shape index (κ1) is 29.6. The first-order valence-corrected chi connectivity index (χ1v) is 13.8. The number of H-pyrrole nitrogens is 1. The van der Waals surface area contributed by atoms with Crippen LogP contribution in [0.1, 0.15) is 54.5 Å². The Morgan fingerprint density at radius 2 is 1.71 bits per heavy atom. The molecule has 1 saturated heterocycles. The molecule has 1 N–H and O–H groups in total. The number of nitrogens with zero attached hydrogens (tertiary/aromatic N) is 4. The van der Waals surface area contributed by atoms with E-state index in [1.54, 1.807) is 9.80 Å². The number of hydrogen-bond acceptors (Lipinski definition) is 5. The van der Waals surface area contributed by atoms with Gasteiger partial charge in [-0.1, -0.05) is 18.2 Å². The lowest BCUT2D eigenvalue weighted by Gasteiger charge is -2.34. The van der Waals surface area contributed by atoms with Crippen molar-refractivity contribution in [1.29, 1.82) is 0 Å². The van der Waals surface area contributed by atoms with Gasteiger partial charge in [0.1, 0.15) is 11.4 Å². The smallest absolute Gasteiger partial charge is 0.416 e. The lowest BCUT2D eigenvalue weighted by atomic mass is 9.99. The summed E-state index contributed by atoms with van der Waals surface area (Å²) in [5.41, 5.74) is 2.08. The first-order chi connectivity index (χ1) is 19.8. The minimum atomic E-state index is -4.60. The molecule has 2 amide bonds. The molecule has 42 heavy (non-hydrogen) atoms. The molecule has 1 fully saturated rings.